The summed E-state index contributed by atoms with van der Waals surface area (Å²) in [5, 5.41) is 0.909. The fraction of sp³-hybridized carbons (Fsp3) is 0.0400. The summed E-state index contributed by atoms with van der Waals surface area (Å²) >= 11 is 12.7. The Morgan fingerprint density at radius 3 is 2.66 bits per heavy atom. The average Bonchev–Trinajstić information content (AvgIpc) is 3.45. The second-order valence-electron chi connectivity index (χ2n) is 7.03. The third-order valence-electron chi connectivity index (χ3n) is 4.85. The number of pyridine rings is 1. The minimum atomic E-state index is 0.371. The summed E-state index contributed by atoms with van der Waals surface area (Å²) in [7, 11) is 0. The molecule has 0 saturated carbocycles. The Bertz CT molecular complexity index is 1390. The zero-order chi connectivity index (χ0) is 21.9. The highest BCUT2D eigenvalue weighted by Crippen LogP contribution is 2.34. The number of aliphatic imine (C=N–C) groups is 1. The van der Waals surface area contributed by atoms with Crippen LogP contribution in [0.15, 0.2) is 94.7 Å². The number of benzene rings is 2. The summed E-state index contributed by atoms with van der Waals surface area (Å²) in [5.41, 5.74) is 3.09. The van der Waals surface area contributed by atoms with Gasteiger partial charge in [0.05, 0.1) is 11.3 Å². The number of rotatable bonds is 6. The Balaban J connectivity index is 1.55. The Hall–Kier alpha value is -3.54. The highest BCUT2D eigenvalue weighted by atomic mass is 35.5. The molecule has 0 spiro atoms. The van der Waals surface area contributed by atoms with E-state index >= 15 is 0 Å². The number of ether oxygens (including phenoxy) is 1. The van der Waals surface area contributed by atoms with E-state index in [-0.39, 0.29) is 0 Å². The number of hydrogen-bond acceptors (Lipinski definition) is 4. The van der Waals surface area contributed by atoms with Crippen molar-refractivity contribution in [1.82, 2.24) is 9.38 Å². The molecule has 0 aliphatic heterocycles. The van der Waals surface area contributed by atoms with E-state index in [1.165, 1.54) is 0 Å². The molecule has 7 heteroatoms. The lowest BCUT2D eigenvalue weighted by molar-refractivity contribution is 0.306. The Kier molecular flexibility index (Phi) is 5.67. The molecule has 3 aromatic heterocycles. The van der Waals surface area contributed by atoms with Crippen molar-refractivity contribution in [2.75, 3.05) is 0 Å². The van der Waals surface area contributed by atoms with Crippen molar-refractivity contribution in [3.63, 3.8) is 0 Å². The molecule has 0 bridgehead atoms. The molecule has 3 heterocycles. The van der Waals surface area contributed by atoms with Crippen LogP contribution in [0, 0.1) is 0 Å². The lowest BCUT2D eigenvalue weighted by Gasteiger charge is -2.12. The second-order valence-corrected chi connectivity index (χ2v) is 7.87. The molecule has 0 aliphatic rings. The van der Waals surface area contributed by atoms with Crippen LogP contribution in [0.3, 0.4) is 0 Å². The van der Waals surface area contributed by atoms with Crippen molar-refractivity contribution < 1.29 is 9.15 Å². The molecule has 158 valence electrons. The Morgan fingerprint density at radius 1 is 1.00 bits per heavy atom. The van der Waals surface area contributed by atoms with Gasteiger partial charge < -0.3 is 9.15 Å². The number of hydrogen-bond donors (Lipinski definition) is 0. The highest BCUT2D eigenvalue weighted by Gasteiger charge is 2.16. The van der Waals surface area contributed by atoms with Gasteiger partial charge in [-0.1, -0.05) is 59.6 Å². The van der Waals surface area contributed by atoms with Crippen molar-refractivity contribution >= 4 is 40.9 Å². The lowest BCUT2D eigenvalue weighted by atomic mass is 10.2. The lowest BCUT2D eigenvalue weighted by Crippen LogP contribution is -1.99. The number of aromatic nitrogens is 2. The fourth-order valence-corrected chi connectivity index (χ4v) is 3.94. The maximum absolute atomic E-state index is 6.47. The van der Waals surface area contributed by atoms with E-state index in [9.17, 15) is 0 Å². The molecular weight excluding hydrogens is 445 g/mol. The molecule has 5 aromatic rings. The average molecular weight is 462 g/mol. The van der Waals surface area contributed by atoms with Crippen molar-refractivity contribution in [2.24, 2.45) is 4.99 Å². The van der Waals surface area contributed by atoms with E-state index in [4.69, 9.17) is 37.3 Å². The SMILES string of the molecule is Clc1cc(Cl)c(OCc2ccccc2)c(C=Nc2c(-c3ccco3)nc3ccccn23)c1. The van der Waals surface area contributed by atoms with Gasteiger partial charge >= 0.3 is 0 Å². The maximum atomic E-state index is 6.47. The fourth-order valence-electron chi connectivity index (χ4n) is 3.37. The summed E-state index contributed by atoms with van der Waals surface area (Å²) in [5.74, 6) is 1.77. The standard InChI is InChI=1S/C25H17Cl2N3O2/c26-19-13-18(24(20(27)14-19)32-16-17-7-2-1-3-8-17)15-28-25-23(21-9-6-12-31-21)29-22-10-4-5-11-30(22)25/h1-15H,16H2. The van der Waals surface area contributed by atoms with Gasteiger partial charge in [-0.05, 0) is 42.0 Å². The van der Waals surface area contributed by atoms with Crippen molar-refractivity contribution in [1.29, 1.82) is 0 Å². The highest BCUT2D eigenvalue weighted by molar-refractivity contribution is 6.36. The maximum Gasteiger partial charge on any atom is 0.168 e. The zero-order valence-electron chi connectivity index (χ0n) is 16.8. The second kappa shape index (κ2) is 8.91. The minimum absolute atomic E-state index is 0.371. The first-order chi connectivity index (χ1) is 15.7. The summed E-state index contributed by atoms with van der Waals surface area (Å²) in [6.07, 6.45) is 5.19. The van der Waals surface area contributed by atoms with Gasteiger partial charge in [-0.2, -0.15) is 0 Å². The van der Waals surface area contributed by atoms with Crippen LogP contribution in [-0.4, -0.2) is 15.6 Å². The molecular formula is C25H17Cl2N3O2. The van der Waals surface area contributed by atoms with Gasteiger partial charge in [0, 0.05) is 23.0 Å². The van der Waals surface area contributed by atoms with Crippen molar-refractivity contribution in [2.45, 2.75) is 6.61 Å². The summed E-state index contributed by atoms with van der Waals surface area (Å²) in [4.78, 5) is 9.41. The molecule has 0 radical (unpaired) electrons. The van der Waals surface area contributed by atoms with Crippen LogP contribution in [0.4, 0.5) is 5.82 Å². The van der Waals surface area contributed by atoms with Gasteiger partial charge in [0.2, 0.25) is 0 Å². The molecule has 32 heavy (non-hydrogen) atoms. The van der Waals surface area contributed by atoms with Crippen LogP contribution in [0.5, 0.6) is 5.75 Å². The van der Waals surface area contributed by atoms with E-state index in [0.717, 1.165) is 11.2 Å². The quantitative estimate of drug-likeness (QED) is 0.250. The van der Waals surface area contributed by atoms with E-state index < -0.39 is 0 Å². The number of imidazole rings is 1. The summed E-state index contributed by atoms with van der Waals surface area (Å²) in [6, 6.07) is 22.7. The number of halogens is 2. The monoisotopic (exact) mass is 461 g/mol. The van der Waals surface area contributed by atoms with Gasteiger partial charge in [0.15, 0.2) is 17.3 Å². The van der Waals surface area contributed by atoms with Crippen molar-refractivity contribution in [3.8, 4) is 17.2 Å². The molecule has 0 amide bonds. The van der Waals surface area contributed by atoms with Crippen LogP contribution in [-0.2, 0) is 6.61 Å². The van der Waals surface area contributed by atoms with E-state index in [1.54, 1.807) is 24.6 Å². The first-order valence-corrected chi connectivity index (χ1v) is 10.7. The van der Waals surface area contributed by atoms with Gasteiger partial charge in [-0.3, -0.25) is 4.40 Å². The van der Waals surface area contributed by atoms with Gasteiger partial charge in [0.25, 0.3) is 0 Å². The van der Waals surface area contributed by atoms with Crippen LogP contribution >= 0.6 is 23.2 Å². The third-order valence-corrected chi connectivity index (χ3v) is 5.35. The topological polar surface area (TPSA) is 52.0 Å². The first-order valence-electron chi connectivity index (χ1n) is 9.90. The van der Waals surface area contributed by atoms with Crippen molar-refractivity contribution in [3.05, 3.63) is 106 Å². The van der Waals surface area contributed by atoms with E-state index in [2.05, 4.69) is 4.98 Å². The predicted molar refractivity (Wildman–Crippen MR) is 127 cm³/mol. The molecule has 2 aromatic carbocycles. The number of nitrogens with zero attached hydrogens (tertiary/aromatic N) is 3. The zero-order valence-corrected chi connectivity index (χ0v) is 18.3. The van der Waals surface area contributed by atoms with Crippen LogP contribution in [0.25, 0.3) is 17.1 Å². The summed E-state index contributed by atoms with van der Waals surface area (Å²) in [6.45, 7) is 0.371. The molecule has 0 N–H and O–H groups in total. The van der Waals surface area contributed by atoms with Crippen LogP contribution in [0.1, 0.15) is 11.1 Å². The molecule has 0 aliphatic carbocycles. The van der Waals surface area contributed by atoms with E-state index in [0.29, 0.717) is 45.2 Å². The molecule has 0 atom stereocenters. The molecule has 5 nitrogen and oxygen atoms in total. The predicted octanol–water partition coefficient (Wildman–Crippen LogP) is 7.23. The van der Waals surface area contributed by atoms with Gasteiger partial charge in [-0.15, -0.1) is 0 Å². The van der Waals surface area contributed by atoms with Crippen LogP contribution in [0.2, 0.25) is 10.0 Å². The normalized spacial score (nSPS) is 11.4. The van der Waals surface area contributed by atoms with E-state index in [1.807, 2.05) is 71.3 Å². The minimum Gasteiger partial charge on any atom is -0.487 e. The number of furan rings is 1. The Labute approximate surface area is 194 Å². The first kappa shape index (κ1) is 20.4. The molecule has 5 rings (SSSR count). The Morgan fingerprint density at radius 2 is 1.84 bits per heavy atom. The number of fused-ring (bicyclic) bond motifs is 1. The smallest absolute Gasteiger partial charge is 0.168 e. The molecule has 0 unspecified atom stereocenters. The molecule has 0 fully saturated rings. The van der Waals surface area contributed by atoms with Gasteiger partial charge in [0.1, 0.15) is 18.0 Å². The largest absolute Gasteiger partial charge is 0.487 e. The van der Waals surface area contributed by atoms with Crippen LogP contribution < -0.4 is 4.74 Å². The third kappa shape index (κ3) is 4.13. The molecule has 0 saturated heterocycles. The van der Waals surface area contributed by atoms with Gasteiger partial charge in [-0.25, -0.2) is 9.98 Å². The summed E-state index contributed by atoms with van der Waals surface area (Å²) < 4.78 is 13.5.